The van der Waals surface area contributed by atoms with Crippen molar-refractivity contribution in [2.45, 2.75) is 30.7 Å². The number of anilines is 1. The van der Waals surface area contributed by atoms with Crippen molar-refractivity contribution < 1.29 is 13.9 Å². The summed E-state index contributed by atoms with van der Waals surface area (Å²) in [6, 6.07) is 11.8. The minimum atomic E-state index is -0.824. The average Bonchev–Trinajstić information content (AvgIpc) is 3.80. The number of alkyl halides is 1. The molecular formula is C28H25ClFN5O3. The van der Waals surface area contributed by atoms with Crippen LogP contribution < -0.4 is 10.5 Å². The third-order valence-electron chi connectivity index (χ3n) is 7.15. The Morgan fingerprint density at radius 2 is 1.92 bits per heavy atom. The summed E-state index contributed by atoms with van der Waals surface area (Å²) in [6.45, 7) is 2.91. The van der Waals surface area contributed by atoms with E-state index in [1.54, 1.807) is 12.1 Å². The van der Waals surface area contributed by atoms with Gasteiger partial charge >= 0.3 is 0 Å². The molecule has 0 N–H and O–H groups in total. The van der Waals surface area contributed by atoms with E-state index in [1.807, 2.05) is 18.2 Å². The number of aldehydes is 1. The molecule has 4 aromatic rings. The zero-order valence-electron chi connectivity index (χ0n) is 20.5. The second-order valence-corrected chi connectivity index (χ2v) is 9.84. The molecule has 0 radical (unpaired) electrons. The Morgan fingerprint density at radius 3 is 2.66 bits per heavy atom. The normalized spacial score (nSPS) is 16.5. The van der Waals surface area contributed by atoms with E-state index in [1.165, 1.54) is 23.1 Å². The highest BCUT2D eigenvalue weighted by Gasteiger charge is 2.28. The first kappa shape index (κ1) is 24.6. The number of halogens is 2. The number of hydrogen-bond acceptors (Lipinski definition) is 7. The van der Waals surface area contributed by atoms with Gasteiger partial charge in [0.05, 0.1) is 42.1 Å². The fourth-order valence-electron chi connectivity index (χ4n) is 4.99. The summed E-state index contributed by atoms with van der Waals surface area (Å²) in [6.07, 6.45) is 3.93. The molecule has 6 rings (SSSR count). The molecule has 1 aliphatic carbocycles. The maximum absolute atomic E-state index is 15.5. The van der Waals surface area contributed by atoms with E-state index >= 15 is 4.39 Å². The third-order valence-corrected chi connectivity index (χ3v) is 7.44. The van der Waals surface area contributed by atoms with Gasteiger partial charge in [-0.3, -0.25) is 4.79 Å². The predicted octanol–water partition coefficient (Wildman–Crippen LogP) is 4.23. The van der Waals surface area contributed by atoms with Crippen molar-refractivity contribution in [3.63, 3.8) is 0 Å². The summed E-state index contributed by atoms with van der Waals surface area (Å²) < 4.78 is 22.4. The van der Waals surface area contributed by atoms with E-state index < -0.39 is 11.7 Å². The van der Waals surface area contributed by atoms with Crippen LogP contribution in [0.4, 0.5) is 10.1 Å². The average molecular weight is 534 g/mol. The monoisotopic (exact) mass is 533 g/mol. The Hall–Kier alpha value is -3.69. The van der Waals surface area contributed by atoms with Crippen molar-refractivity contribution in [1.82, 2.24) is 19.7 Å². The van der Waals surface area contributed by atoms with Crippen LogP contribution in [-0.2, 0) is 15.4 Å². The van der Waals surface area contributed by atoms with E-state index in [4.69, 9.17) is 16.3 Å². The quantitative estimate of drug-likeness (QED) is 0.259. The molecule has 8 nitrogen and oxygen atoms in total. The molecule has 0 bridgehead atoms. The van der Waals surface area contributed by atoms with E-state index in [0.717, 1.165) is 37.9 Å². The molecule has 1 aliphatic heterocycles. The van der Waals surface area contributed by atoms with Gasteiger partial charge in [-0.25, -0.2) is 19.0 Å². The summed E-state index contributed by atoms with van der Waals surface area (Å²) in [5.74, 6) is -1.32. The lowest BCUT2D eigenvalue weighted by Gasteiger charge is -2.29. The maximum atomic E-state index is 15.5. The van der Waals surface area contributed by atoms with Crippen LogP contribution in [0.25, 0.3) is 22.2 Å². The molecule has 2 aromatic heterocycles. The molecule has 38 heavy (non-hydrogen) atoms. The molecular weight excluding hydrogens is 509 g/mol. The largest absolute Gasteiger partial charge is 0.378 e. The van der Waals surface area contributed by atoms with Crippen molar-refractivity contribution in [3.05, 3.63) is 81.8 Å². The van der Waals surface area contributed by atoms with Gasteiger partial charge in [-0.15, -0.1) is 11.6 Å². The van der Waals surface area contributed by atoms with Crippen molar-refractivity contribution in [1.29, 1.82) is 0 Å². The Labute approximate surface area is 223 Å². The molecule has 2 aromatic carbocycles. The number of carbonyl (C=O) groups is 1. The van der Waals surface area contributed by atoms with Gasteiger partial charge in [-0.1, -0.05) is 0 Å². The van der Waals surface area contributed by atoms with Crippen LogP contribution in [0.3, 0.4) is 0 Å². The Bertz CT molecular complexity index is 1580. The second-order valence-electron chi connectivity index (χ2n) is 9.57. The number of nitrogens with zero attached hydrogens (tertiary/aromatic N) is 5. The molecule has 0 amide bonds. The summed E-state index contributed by atoms with van der Waals surface area (Å²) >= 11 is 6.20. The highest BCUT2D eigenvalue weighted by Crippen LogP contribution is 2.36. The molecule has 2 fully saturated rings. The van der Waals surface area contributed by atoms with E-state index in [0.29, 0.717) is 46.6 Å². The van der Waals surface area contributed by atoms with Crippen LogP contribution in [0.15, 0.2) is 53.6 Å². The lowest BCUT2D eigenvalue weighted by Crippen LogP contribution is -2.36. The maximum Gasteiger partial charge on any atom is 0.267 e. The summed E-state index contributed by atoms with van der Waals surface area (Å²) in [4.78, 5) is 35.7. The number of morpholine rings is 1. The fourth-order valence-corrected chi connectivity index (χ4v) is 5.22. The first-order valence-corrected chi connectivity index (χ1v) is 13.1. The van der Waals surface area contributed by atoms with Crippen LogP contribution in [0.5, 0.6) is 0 Å². The minimum absolute atomic E-state index is 0.00652. The third kappa shape index (κ3) is 4.56. The zero-order chi connectivity index (χ0) is 26.2. The van der Waals surface area contributed by atoms with Crippen LogP contribution in [0.1, 0.15) is 41.6 Å². The lowest BCUT2D eigenvalue weighted by atomic mass is 9.90. The minimum Gasteiger partial charge on any atom is -0.378 e. The van der Waals surface area contributed by atoms with E-state index in [2.05, 4.69) is 20.0 Å². The molecule has 1 atom stereocenters. The molecule has 3 heterocycles. The van der Waals surface area contributed by atoms with Crippen LogP contribution in [-0.4, -0.2) is 52.3 Å². The van der Waals surface area contributed by atoms with Crippen molar-refractivity contribution in [3.8, 4) is 11.3 Å². The SMILES string of the molecule is O=CC(c1ccc(=O)n(C2CC2)n1)c1cc(-c2ncnc3cc(N4CCOCC4)ccc23)c(F)cc1CCl. The highest BCUT2D eigenvalue weighted by molar-refractivity contribution is 6.17. The standard InChI is InChI=1S/C28H25ClFN5O3/c29-14-17-11-24(30)22(13-21(17)23(15-36)25-5-6-27(37)35(33-25)18-1-2-18)28-20-4-3-19(12-26(20)31-16-32-28)34-7-9-38-10-8-34/h3-6,11-13,15-16,18,23H,1-2,7-10,14H2. The Morgan fingerprint density at radius 1 is 1.11 bits per heavy atom. The second kappa shape index (κ2) is 10.2. The van der Waals surface area contributed by atoms with Crippen molar-refractivity contribution >= 4 is 34.5 Å². The fraction of sp³-hybridized carbons (Fsp3) is 0.321. The number of hydrogen-bond donors (Lipinski definition) is 0. The summed E-state index contributed by atoms with van der Waals surface area (Å²) in [7, 11) is 0. The molecule has 1 saturated carbocycles. The van der Waals surface area contributed by atoms with Gasteiger partial charge in [0.1, 0.15) is 18.4 Å². The molecule has 10 heteroatoms. The van der Waals surface area contributed by atoms with Gasteiger partial charge in [-0.05, 0) is 60.4 Å². The summed E-state index contributed by atoms with van der Waals surface area (Å²) in [5, 5.41) is 5.17. The highest BCUT2D eigenvalue weighted by atomic mass is 35.5. The van der Waals surface area contributed by atoms with Crippen molar-refractivity contribution in [2.75, 3.05) is 31.2 Å². The van der Waals surface area contributed by atoms with Crippen LogP contribution in [0, 0.1) is 5.82 Å². The van der Waals surface area contributed by atoms with E-state index in [-0.39, 0.29) is 23.0 Å². The van der Waals surface area contributed by atoms with Crippen LogP contribution >= 0.6 is 11.6 Å². The smallest absolute Gasteiger partial charge is 0.267 e. The van der Waals surface area contributed by atoms with Gasteiger partial charge in [-0.2, -0.15) is 5.10 Å². The number of ether oxygens (including phenoxy) is 1. The topological polar surface area (TPSA) is 90.2 Å². The molecule has 2 aliphatic rings. The number of benzene rings is 2. The van der Waals surface area contributed by atoms with E-state index in [9.17, 15) is 9.59 Å². The number of fused-ring (bicyclic) bond motifs is 1. The molecule has 1 saturated heterocycles. The number of rotatable bonds is 7. The predicted molar refractivity (Wildman–Crippen MR) is 142 cm³/mol. The van der Waals surface area contributed by atoms with Gasteiger partial charge in [0.2, 0.25) is 0 Å². The first-order valence-electron chi connectivity index (χ1n) is 12.6. The van der Waals surface area contributed by atoms with Gasteiger partial charge in [0, 0.05) is 41.7 Å². The number of aromatic nitrogens is 4. The van der Waals surface area contributed by atoms with Gasteiger partial charge < -0.3 is 14.4 Å². The number of carbonyl (C=O) groups excluding carboxylic acids is 1. The van der Waals surface area contributed by atoms with Crippen molar-refractivity contribution in [2.24, 2.45) is 0 Å². The lowest BCUT2D eigenvalue weighted by molar-refractivity contribution is -0.108. The van der Waals surface area contributed by atoms with Crippen LogP contribution in [0.2, 0.25) is 0 Å². The zero-order valence-corrected chi connectivity index (χ0v) is 21.3. The Kier molecular flexibility index (Phi) is 6.63. The molecule has 194 valence electrons. The molecule has 1 unspecified atom stereocenters. The Balaban J connectivity index is 1.45. The van der Waals surface area contributed by atoms with Gasteiger partial charge in [0.25, 0.3) is 5.56 Å². The molecule has 0 spiro atoms. The van der Waals surface area contributed by atoms with Gasteiger partial charge in [0.15, 0.2) is 0 Å². The first-order chi connectivity index (χ1) is 18.6. The summed E-state index contributed by atoms with van der Waals surface area (Å²) in [5.41, 5.74) is 3.57.